The van der Waals surface area contributed by atoms with Gasteiger partial charge < -0.3 is 20.1 Å². The van der Waals surface area contributed by atoms with Gasteiger partial charge in [-0.15, -0.1) is 0 Å². The lowest BCUT2D eigenvalue weighted by Gasteiger charge is -2.41. The fraction of sp³-hybridized carbons (Fsp3) is 0.947. The van der Waals surface area contributed by atoms with Crippen molar-refractivity contribution in [2.45, 2.75) is 77.7 Å². The molecule has 2 N–H and O–H groups in total. The van der Waals surface area contributed by atoms with Crippen molar-refractivity contribution in [3.8, 4) is 0 Å². The van der Waals surface area contributed by atoms with E-state index in [1.54, 1.807) is 0 Å². The molecule has 25 heavy (non-hydrogen) atoms. The Morgan fingerprint density at radius 3 is 2.44 bits per heavy atom. The number of hydrogen-bond acceptors (Lipinski definition) is 5. The molecule has 0 spiro atoms. The van der Waals surface area contributed by atoms with Crippen molar-refractivity contribution in [2.75, 3.05) is 32.7 Å². The third kappa shape index (κ3) is 6.76. The van der Waals surface area contributed by atoms with Gasteiger partial charge in [-0.3, -0.25) is 4.90 Å². The van der Waals surface area contributed by atoms with Gasteiger partial charge in [-0.2, -0.15) is 0 Å². The molecule has 6 nitrogen and oxygen atoms in total. The first-order valence-corrected chi connectivity index (χ1v) is 9.78. The van der Waals surface area contributed by atoms with Gasteiger partial charge in [-0.05, 0) is 52.9 Å². The average Bonchev–Trinajstić information content (AvgIpc) is 2.50. The highest BCUT2D eigenvalue weighted by Gasteiger charge is 2.29. The van der Waals surface area contributed by atoms with Crippen LogP contribution in [0, 0.1) is 5.92 Å². The Morgan fingerprint density at radius 1 is 1.24 bits per heavy atom. The van der Waals surface area contributed by atoms with Crippen molar-refractivity contribution in [2.24, 2.45) is 5.92 Å². The van der Waals surface area contributed by atoms with Crippen molar-refractivity contribution in [3.63, 3.8) is 0 Å². The second-order valence-electron chi connectivity index (χ2n) is 8.90. The Hall–Kier alpha value is -0.850. The van der Waals surface area contributed by atoms with E-state index in [0.29, 0.717) is 12.0 Å². The number of carbonyl (C=O) groups is 1. The Morgan fingerprint density at radius 2 is 1.88 bits per heavy atom. The van der Waals surface area contributed by atoms with Crippen LogP contribution >= 0.6 is 0 Å². The van der Waals surface area contributed by atoms with Crippen LogP contribution < -0.4 is 5.32 Å². The SMILES string of the molecule is CC1CN(C(C)CN2CCC(NC(=O)OC(C)(C)C)CC2)CCC1O. The Kier molecular flexibility index (Phi) is 7.11. The lowest BCUT2D eigenvalue weighted by molar-refractivity contribution is 0.0111. The number of nitrogens with zero attached hydrogens (tertiary/aromatic N) is 2. The minimum atomic E-state index is -0.445. The van der Waals surface area contributed by atoms with E-state index >= 15 is 0 Å². The maximum atomic E-state index is 11.9. The summed E-state index contributed by atoms with van der Waals surface area (Å²) < 4.78 is 5.34. The lowest BCUT2D eigenvalue weighted by atomic mass is 9.95. The van der Waals surface area contributed by atoms with E-state index in [-0.39, 0.29) is 18.2 Å². The normalized spacial score (nSPS) is 28.6. The molecule has 1 amide bonds. The molecular weight excluding hydrogens is 318 g/mol. The van der Waals surface area contributed by atoms with Gasteiger partial charge in [-0.25, -0.2) is 4.79 Å². The first-order chi connectivity index (χ1) is 11.6. The molecule has 6 heteroatoms. The summed E-state index contributed by atoms with van der Waals surface area (Å²) in [6.45, 7) is 15.1. The standard InChI is InChI=1S/C19H37N3O3/c1-14-12-22(11-8-17(14)23)15(2)13-21-9-6-16(7-10-21)20-18(24)25-19(3,4)5/h14-17,23H,6-13H2,1-5H3,(H,20,24). The summed E-state index contributed by atoms with van der Waals surface area (Å²) in [7, 11) is 0. The molecule has 0 aromatic carbocycles. The van der Waals surface area contributed by atoms with Gasteiger partial charge in [0.1, 0.15) is 5.60 Å². The number of amides is 1. The summed E-state index contributed by atoms with van der Waals surface area (Å²) in [6, 6.07) is 0.719. The van der Waals surface area contributed by atoms with Crippen LogP contribution in [0.4, 0.5) is 4.79 Å². The van der Waals surface area contributed by atoms with E-state index in [1.165, 1.54) is 0 Å². The highest BCUT2D eigenvalue weighted by molar-refractivity contribution is 5.68. The van der Waals surface area contributed by atoms with Gasteiger partial charge in [0.2, 0.25) is 0 Å². The number of hydrogen-bond donors (Lipinski definition) is 2. The van der Waals surface area contributed by atoms with Gasteiger partial charge in [0.25, 0.3) is 0 Å². The Labute approximate surface area is 152 Å². The van der Waals surface area contributed by atoms with E-state index in [2.05, 4.69) is 29.0 Å². The third-order valence-corrected chi connectivity index (χ3v) is 5.35. The maximum Gasteiger partial charge on any atom is 0.407 e. The van der Waals surface area contributed by atoms with Gasteiger partial charge in [0, 0.05) is 44.8 Å². The Balaban J connectivity index is 1.69. The summed E-state index contributed by atoms with van der Waals surface area (Å²) in [6.07, 6.45) is 2.38. The van der Waals surface area contributed by atoms with Crippen LogP contribution in [-0.4, -0.2) is 77.5 Å². The van der Waals surface area contributed by atoms with Crippen LogP contribution in [0.1, 0.15) is 53.9 Å². The monoisotopic (exact) mass is 355 g/mol. The molecule has 0 bridgehead atoms. The van der Waals surface area contributed by atoms with Gasteiger partial charge in [0.15, 0.2) is 0 Å². The highest BCUT2D eigenvalue weighted by Crippen LogP contribution is 2.20. The minimum absolute atomic E-state index is 0.141. The largest absolute Gasteiger partial charge is 0.444 e. The van der Waals surface area contributed by atoms with Crippen LogP contribution in [0.2, 0.25) is 0 Å². The van der Waals surface area contributed by atoms with Crippen molar-refractivity contribution in [3.05, 3.63) is 0 Å². The quantitative estimate of drug-likeness (QED) is 0.808. The lowest BCUT2D eigenvalue weighted by Crippen LogP contribution is -2.52. The summed E-state index contributed by atoms with van der Waals surface area (Å²) in [5.41, 5.74) is -0.445. The predicted molar refractivity (Wildman–Crippen MR) is 99.7 cm³/mol. The Bertz CT molecular complexity index is 430. The molecule has 0 radical (unpaired) electrons. The number of aliphatic hydroxyl groups is 1. The predicted octanol–water partition coefficient (Wildman–Crippen LogP) is 2.07. The van der Waals surface area contributed by atoms with E-state index in [0.717, 1.165) is 52.0 Å². The summed E-state index contributed by atoms with van der Waals surface area (Å²) >= 11 is 0. The van der Waals surface area contributed by atoms with Crippen LogP contribution in [0.25, 0.3) is 0 Å². The van der Waals surface area contributed by atoms with E-state index in [1.807, 2.05) is 20.8 Å². The number of alkyl carbamates (subject to hydrolysis) is 1. The number of piperidine rings is 2. The third-order valence-electron chi connectivity index (χ3n) is 5.35. The van der Waals surface area contributed by atoms with E-state index in [4.69, 9.17) is 4.74 Å². The van der Waals surface area contributed by atoms with Crippen LogP contribution in [-0.2, 0) is 4.74 Å². The number of carbonyl (C=O) groups excluding carboxylic acids is 1. The maximum absolute atomic E-state index is 11.9. The summed E-state index contributed by atoms with van der Waals surface area (Å²) in [5, 5.41) is 12.9. The molecule has 0 aromatic rings. The van der Waals surface area contributed by atoms with Gasteiger partial charge >= 0.3 is 6.09 Å². The molecule has 2 rings (SSSR count). The van der Waals surface area contributed by atoms with E-state index in [9.17, 15) is 9.90 Å². The molecule has 0 aliphatic carbocycles. The van der Waals surface area contributed by atoms with Crippen LogP contribution in [0.15, 0.2) is 0 Å². The number of aliphatic hydroxyl groups excluding tert-OH is 1. The molecule has 3 unspecified atom stereocenters. The van der Waals surface area contributed by atoms with Crippen LogP contribution in [0.5, 0.6) is 0 Å². The number of rotatable bonds is 4. The zero-order valence-electron chi connectivity index (χ0n) is 16.6. The number of likely N-dealkylation sites (tertiary alicyclic amines) is 2. The molecule has 2 aliphatic heterocycles. The van der Waals surface area contributed by atoms with Gasteiger partial charge in [0.05, 0.1) is 6.10 Å². The zero-order chi connectivity index (χ0) is 18.6. The number of ether oxygens (including phenoxy) is 1. The molecule has 146 valence electrons. The van der Waals surface area contributed by atoms with Crippen molar-refractivity contribution >= 4 is 6.09 Å². The summed E-state index contributed by atoms with van der Waals surface area (Å²) in [5.74, 6) is 0.361. The molecule has 0 saturated carbocycles. The smallest absolute Gasteiger partial charge is 0.407 e. The summed E-state index contributed by atoms with van der Waals surface area (Å²) in [4.78, 5) is 16.9. The van der Waals surface area contributed by atoms with Crippen molar-refractivity contribution in [1.82, 2.24) is 15.1 Å². The van der Waals surface area contributed by atoms with Gasteiger partial charge in [-0.1, -0.05) is 6.92 Å². The second-order valence-corrected chi connectivity index (χ2v) is 8.90. The molecule has 2 saturated heterocycles. The van der Waals surface area contributed by atoms with E-state index < -0.39 is 5.60 Å². The van der Waals surface area contributed by atoms with Crippen molar-refractivity contribution in [1.29, 1.82) is 0 Å². The average molecular weight is 356 g/mol. The number of nitrogens with one attached hydrogen (secondary N) is 1. The molecule has 0 aromatic heterocycles. The fourth-order valence-corrected chi connectivity index (χ4v) is 3.79. The fourth-order valence-electron chi connectivity index (χ4n) is 3.79. The molecule has 2 aliphatic rings. The molecule has 2 fully saturated rings. The molecule has 2 heterocycles. The molecular formula is C19H37N3O3. The second kappa shape index (κ2) is 8.69. The van der Waals surface area contributed by atoms with Crippen molar-refractivity contribution < 1.29 is 14.6 Å². The first kappa shape index (κ1) is 20.5. The molecule has 3 atom stereocenters. The first-order valence-electron chi connectivity index (χ1n) is 9.78. The highest BCUT2D eigenvalue weighted by atomic mass is 16.6. The topological polar surface area (TPSA) is 65.0 Å². The minimum Gasteiger partial charge on any atom is -0.444 e. The van der Waals surface area contributed by atoms with Crippen LogP contribution in [0.3, 0.4) is 0 Å². The zero-order valence-corrected chi connectivity index (χ0v) is 16.6.